The largest absolute Gasteiger partial charge is 0.573 e. The normalized spacial score (nSPS) is 11.7. The maximum atomic E-state index is 12.1. The third-order valence-electron chi connectivity index (χ3n) is 2.13. The smallest absolute Gasteiger partial charge is 0.404 e. The van der Waals surface area contributed by atoms with Crippen LogP contribution in [0.25, 0.3) is 10.9 Å². The molecule has 0 unspecified atom stereocenters. The summed E-state index contributed by atoms with van der Waals surface area (Å²) in [6.45, 7) is 0. The van der Waals surface area contributed by atoms with E-state index in [0.29, 0.717) is 0 Å². The van der Waals surface area contributed by atoms with Crippen LogP contribution < -0.4 is 15.9 Å². The SMILES string of the molecule is Nc1c[nH]c2c(OC(F)(F)F)cccc2c1=O. The Balaban J connectivity index is 2.67. The van der Waals surface area contributed by atoms with Gasteiger partial charge in [-0.1, -0.05) is 6.07 Å². The van der Waals surface area contributed by atoms with Gasteiger partial charge in [-0.3, -0.25) is 4.79 Å². The van der Waals surface area contributed by atoms with E-state index in [1.807, 2.05) is 0 Å². The molecule has 1 aromatic heterocycles. The molecule has 3 N–H and O–H groups in total. The van der Waals surface area contributed by atoms with Crippen molar-refractivity contribution in [3.8, 4) is 5.75 Å². The van der Waals surface area contributed by atoms with Gasteiger partial charge in [0.25, 0.3) is 0 Å². The summed E-state index contributed by atoms with van der Waals surface area (Å²) in [6, 6.07) is 3.77. The topological polar surface area (TPSA) is 68.1 Å². The van der Waals surface area contributed by atoms with Gasteiger partial charge in [-0.05, 0) is 12.1 Å². The van der Waals surface area contributed by atoms with E-state index in [-0.39, 0.29) is 16.6 Å². The van der Waals surface area contributed by atoms with Crippen LogP contribution in [0.3, 0.4) is 0 Å². The van der Waals surface area contributed by atoms with Crippen LogP contribution in [0, 0.1) is 0 Å². The van der Waals surface area contributed by atoms with Gasteiger partial charge >= 0.3 is 6.36 Å². The molecule has 0 aliphatic heterocycles. The molecule has 1 heterocycles. The zero-order valence-electron chi connectivity index (χ0n) is 8.34. The first kappa shape index (κ1) is 11.3. The first-order valence-electron chi connectivity index (χ1n) is 4.54. The molecule has 2 rings (SSSR count). The third kappa shape index (κ3) is 2.17. The number of fused-ring (bicyclic) bond motifs is 1. The molecule has 4 nitrogen and oxygen atoms in total. The quantitative estimate of drug-likeness (QED) is 0.806. The van der Waals surface area contributed by atoms with E-state index in [1.165, 1.54) is 12.1 Å². The second-order valence-electron chi connectivity index (χ2n) is 3.30. The second kappa shape index (κ2) is 3.69. The van der Waals surface area contributed by atoms with Gasteiger partial charge < -0.3 is 15.5 Å². The van der Waals surface area contributed by atoms with E-state index in [0.717, 1.165) is 12.3 Å². The standard InChI is InChI=1S/C10H7F3N2O2/c11-10(12,13)17-7-3-1-2-5-8(7)15-4-6(14)9(5)16/h1-4H,14H2,(H,15,16). The number of nitrogens with one attached hydrogen (secondary N) is 1. The Hall–Kier alpha value is -2.18. The van der Waals surface area contributed by atoms with Gasteiger partial charge in [0.2, 0.25) is 5.43 Å². The second-order valence-corrected chi connectivity index (χ2v) is 3.30. The Labute approximate surface area is 92.8 Å². The number of H-pyrrole nitrogens is 1. The molecule has 0 aliphatic carbocycles. The number of aromatic nitrogens is 1. The number of nitrogens with two attached hydrogens (primary N) is 1. The highest BCUT2D eigenvalue weighted by Crippen LogP contribution is 2.28. The minimum atomic E-state index is -4.81. The Morgan fingerprint density at radius 1 is 1.29 bits per heavy atom. The minimum absolute atomic E-state index is 0.0379. The van der Waals surface area contributed by atoms with Crippen LogP contribution in [0.5, 0.6) is 5.75 Å². The molecule has 2 aromatic rings. The van der Waals surface area contributed by atoms with Crippen molar-refractivity contribution in [2.24, 2.45) is 0 Å². The van der Waals surface area contributed by atoms with Crippen LogP contribution in [0.2, 0.25) is 0 Å². The Morgan fingerprint density at radius 2 is 2.00 bits per heavy atom. The Morgan fingerprint density at radius 3 is 2.65 bits per heavy atom. The molecule has 0 fully saturated rings. The number of nitrogen functional groups attached to an aromatic ring is 1. The lowest BCUT2D eigenvalue weighted by atomic mass is 10.2. The Bertz CT molecular complexity index is 619. The number of rotatable bonds is 1. The van der Waals surface area contributed by atoms with Gasteiger partial charge in [-0.25, -0.2) is 0 Å². The van der Waals surface area contributed by atoms with E-state index in [4.69, 9.17) is 5.73 Å². The van der Waals surface area contributed by atoms with Crippen molar-refractivity contribution in [1.82, 2.24) is 4.98 Å². The summed E-state index contributed by atoms with van der Waals surface area (Å²) in [5.74, 6) is -0.466. The number of hydrogen-bond acceptors (Lipinski definition) is 3. The van der Waals surface area contributed by atoms with Crippen LogP contribution >= 0.6 is 0 Å². The molecule has 90 valence electrons. The van der Waals surface area contributed by atoms with Crippen molar-refractivity contribution >= 4 is 16.6 Å². The van der Waals surface area contributed by atoms with Crippen molar-refractivity contribution in [2.75, 3.05) is 5.73 Å². The van der Waals surface area contributed by atoms with Crippen LogP contribution in [0.15, 0.2) is 29.2 Å². The highest BCUT2D eigenvalue weighted by atomic mass is 19.4. The minimum Gasteiger partial charge on any atom is -0.404 e. The number of anilines is 1. The van der Waals surface area contributed by atoms with Gasteiger partial charge in [-0.15, -0.1) is 13.2 Å². The van der Waals surface area contributed by atoms with Gasteiger partial charge in [0.15, 0.2) is 5.75 Å². The van der Waals surface area contributed by atoms with Gasteiger partial charge in [0.1, 0.15) is 0 Å². The predicted molar refractivity (Wildman–Crippen MR) is 55.7 cm³/mol. The number of alkyl halides is 3. The lowest BCUT2D eigenvalue weighted by molar-refractivity contribution is -0.274. The van der Waals surface area contributed by atoms with Crippen LogP contribution in [0.1, 0.15) is 0 Å². The number of halogens is 3. The van der Waals surface area contributed by atoms with Crippen LogP contribution in [0.4, 0.5) is 18.9 Å². The highest BCUT2D eigenvalue weighted by Gasteiger charge is 2.32. The average Bonchev–Trinajstić information content (AvgIpc) is 2.22. The van der Waals surface area contributed by atoms with E-state index in [1.54, 1.807) is 0 Å². The number of aromatic amines is 1. The molecule has 0 saturated carbocycles. The van der Waals surface area contributed by atoms with Gasteiger partial charge in [0.05, 0.1) is 16.6 Å². The van der Waals surface area contributed by atoms with Gasteiger partial charge in [0, 0.05) is 6.20 Å². The zero-order chi connectivity index (χ0) is 12.6. The van der Waals surface area contributed by atoms with Crippen molar-refractivity contribution in [2.45, 2.75) is 6.36 Å². The first-order chi connectivity index (χ1) is 7.88. The summed E-state index contributed by atoms with van der Waals surface area (Å²) in [7, 11) is 0. The number of benzene rings is 1. The maximum absolute atomic E-state index is 12.1. The fraction of sp³-hybridized carbons (Fsp3) is 0.100. The van der Waals surface area contributed by atoms with Crippen molar-refractivity contribution in [1.29, 1.82) is 0 Å². The molecule has 0 aliphatic rings. The number of ether oxygens (including phenoxy) is 1. The average molecular weight is 244 g/mol. The van der Waals surface area contributed by atoms with Crippen molar-refractivity contribution in [3.63, 3.8) is 0 Å². The molecule has 7 heteroatoms. The molecule has 0 atom stereocenters. The Kier molecular flexibility index (Phi) is 2.45. The predicted octanol–water partition coefficient (Wildman–Crippen LogP) is 2.01. The summed E-state index contributed by atoms with van der Waals surface area (Å²) >= 11 is 0. The van der Waals surface area contributed by atoms with E-state index < -0.39 is 17.5 Å². The summed E-state index contributed by atoms with van der Waals surface area (Å²) < 4.78 is 40.1. The van der Waals surface area contributed by atoms with Crippen molar-refractivity contribution < 1.29 is 17.9 Å². The number of pyridine rings is 1. The summed E-state index contributed by atoms with van der Waals surface area (Å²) in [6.07, 6.45) is -3.68. The molecule has 1 aromatic carbocycles. The molecule has 0 radical (unpaired) electrons. The molecular formula is C10H7F3N2O2. The summed E-state index contributed by atoms with van der Waals surface area (Å²) in [5, 5.41) is 0.0479. The molecule has 17 heavy (non-hydrogen) atoms. The molecular weight excluding hydrogens is 237 g/mol. The number of hydrogen-bond donors (Lipinski definition) is 2. The fourth-order valence-electron chi connectivity index (χ4n) is 1.45. The lowest BCUT2D eigenvalue weighted by Crippen LogP contribution is -2.18. The summed E-state index contributed by atoms with van der Waals surface area (Å²) in [5.41, 5.74) is 4.71. The van der Waals surface area contributed by atoms with Gasteiger partial charge in [-0.2, -0.15) is 0 Å². The number of para-hydroxylation sites is 1. The molecule has 0 saturated heterocycles. The summed E-state index contributed by atoms with van der Waals surface area (Å²) in [4.78, 5) is 14.1. The van der Waals surface area contributed by atoms with E-state index >= 15 is 0 Å². The molecule has 0 amide bonds. The van der Waals surface area contributed by atoms with E-state index in [9.17, 15) is 18.0 Å². The molecule has 0 spiro atoms. The van der Waals surface area contributed by atoms with E-state index in [2.05, 4.69) is 9.72 Å². The fourth-order valence-corrected chi connectivity index (χ4v) is 1.45. The van der Waals surface area contributed by atoms with Crippen molar-refractivity contribution in [3.05, 3.63) is 34.6 Å². The monoisotopic (exact) mass is 244 g/mol. The highest BCUT2D eigenvalue weighted by molar-refractivity contribution is 5.86. The molecule has 0 bridgehead atoms. The maximum Gasteiger partial charge on any atom is 0.573 e. The van der Waals surface area contributed by atoms with Crippen LogP contribution in [-0.4, -0.2) is 11.3 Å². The van der Waals surface area contributed by atoms with Crippen LogP contribution in [-0.2, 0) is 0 Å². The lowest BCUT2D eigenvalue weighted by Gasteiger charge is -2.10. The third-order valence-corrected chi connectivity index (χ3v) is 2.13. The zero-order valence-corrected chi connectivity index (χ0v) is 8.34. The first-order valence-corrected chi connectivity index (χ1v) is 4.54.